The predicted molar refractivity (Wildman–Crippen MR) is 35.8 cm³/mol. The van der Waals surface area contributed by atoms with E-state index in [0.29, 0.717) is 12.4 Å². The van der Waals surface area contributed by atoms with Crippen molar-refractivity contribution in [2.45, 2.75) is 6.54 Å². The van der Waals surface area contributed by atoms with Crippen LogP contribution >= 0.6 is 0 Å². The van der Waals surface area contributed by atoms with Crippen molar-refractivity contribution < 1.29 is 0 Å². The molecule has 3 nitrogen and oxygen atoms in total. The van der Waals surface area contributed by atoms with E-state index in [1.165, 1.54) is 0 Å². The van der Waals surface area contributed by atoms with Crippen molar-refractivity contribution in [3.05, 3.63) is 18.2 Å². The van der Waals surface area contributed by atoms with E-state index in [0.717, 1.165) is 0 Å². The summed E-state index contributed by atoms with van der Waals surface area (Å²) < 4.78 is 1.61. The van der Waals surface area contributed by atoms with Gasteiger partial charge in [0.2, 0.25) is 5.82 Å². The van der Waals surface area contributed by atoms with Crippen LogP contribution in [-0.4, -0.2) is 9.55 Å². The van der Waals surface area contributed by atoms with Crippen LogP contribution < -0.4 is 0 Å². The molecule has 0 radical (unpaired) electrons. The number of hydrogen-bond acceptors (Lipinski definition) is 2. The van der Waals surface area contributed by atoms with Crippen molar-refractivity contribution in [3.63, 3.8) is 0 Å². The fourth-order valence-electron chi connectivity index (χ4n) is 0.648. The molecule has 0 unspecified atom stereocenters. The third-order valence-corrected chi connectivity index (χ3v) is 1.08. The Morgan fingerprint density at radius 2 is 2.60 bits per heavy atom. The first-order valence-corrected chi connectivity index (χ1v) is 2.73. The van der Waals surface area contributed by atoms with Gasteiger partial charge in [0.05, 0.1) is 6.54 Å². The summed E-state index contributed by atoms with van der Waals surface area (Å²) in [5.41, 5.74) is 0. The van der Waals surface area contributed by atoms with E-state index in [4.69, 9.17) is 11.7 Å². The maximum Gasteiger partial charge on any atom is 0.213 e. The van der Waals surface area contributed by atoms with Gasteiger partial charge < -0.3 is 4.57 Å². The van der Waals surface area contributed by atoms with Gasteiger partial charge in [-0.25, -0.2) is 4.98 Å². The maximum absolute atomic E-state index is 8.43. The van der Waals surface area contributed by atoms with Crippen molar-refractivity contribution in [3.8, 4) is 18.4 Å². The minimum absolute atomic E-state index is 0.359. The van der Waals surface area contributed by atoms with Crippen LogP contribution in [-0.2, 0) is 6.54 Å². The zero-order valence-corrected chi connectivity index (χ0v) is 5.28. The molecule has 1 aromatic heterocycles. The maximum atomic E-state index is 8.43. The van der Waals surface area contributed by atoms with Crippen LogP contribution in [0.25, 0.3) is 0 Å². The highest BCUT2D eigenvalue weighted by Gasteiger charge is 1.96. The summed E-state index contributed by atoms with van der Waals surface area (Å²) >= 11 is 0. The monoisotopic (exact) mass is 131 g/mol. The Balaban J connectivity index is 2.96. The van der Waals surface area contributed by atoms with Crippen LogP contribution in [0, 0.1) is 23.7 Å². The second-order valence-electron chi connectivity index (χ2n) is 1.69. The third-order valence-electron chi connectivity index (χ3n) is 1.08. The molecular weight excluding hydrogens is 126 g/mol. The van der Waals surface area contributed by atoms with E-state index in [9.17, 15) is 0 Å². The van der Waals surface area contributed by atoms with Gasteiger partial charge >= 0.3 is 0 Å². The van der Waals surface area contributed by atoms with Crippen molar-refractivity contribution in [1.29, 1.82) is 5.26 Å². The van der Waals surface area contributed by atoms with Gasteiger partial charge in [0.25, 0.3) is 0 Å². The first-order chi connectivity index (χ1) is 4.88. The number of terminal acetylenes is 1. The highest BCUT2D eigenvalue weighted by Crippen LogP contribution is 1.92. The Hall–Kier alpha value is -1.74. The molecule has 0 bridgehead atoms. The minimum Gasteiger partial charge on any atom is -0.311 e. The minimum atomic E-state index is 0.359. The van der Waals surface area contributed by atoms with Gasteiger partial charge in [-0.1, -0.05) is 5.92 Å². The predicted octanol–water partition coefficient (Wildman–Crippen LogP) is 0.388. The molecule has 0 atom stereocenters. The number of aromatic nitrogens is 2. The third kappa shape index (κ3) is 0.985. The van der Waals surface area contributed by atoms with Gasteiger partial charge in [-0.05, 0) is 0 Å². The lowest BCUT2D eigenvalue weighted by Crippen LogP contribution is -1.96. The molecule has 0 N–H and O–H groups in total. The van der Waals surface area contributed by atoms with E-state index in [1.807, 2.05) is 6.07 Å². The summed E-state index contributed by atoms with van der Waals surface area (Å²) in [4.78, 5) is 3.76. The first-order valence-electron chi connectivity index (χ1n) is 2.73. The number of nitrogens with zero attached hydrogens (tertiary/aromatic N) is 3. The van der Waals surface area contributed by atoms with Gasteiger partial charge in [0, 0.05) is 12.4 Å². The number of hydrogen-bond donors (Lipinski definition) is 0. The second-order valence-corrected chi connectivity index (χ2v) is 1.69. The largest absolute Gasteiger partial charge is 0.311 e. The Labute approximate surface area is 58.9 Å². The molecule has 0 saturated carbocycles. The van der Waals surface area contributed by atoms with E-state index in [1.54, 1.807) is 17.0 Å². The van der Waals surface area contributed by atoms with Crippen LogP contribution in [0.2, 0.25) is 0 Å². The lowest BCUT2D eigenvalue weighted by atomic mass is 10.6. The Morgan fingerprint density at radius 3 is 3.20 bits per heavy atom. The molecule has 10 heavy (non-hydrogen) atoms. The standard InChI is InChI=1S/C7H5N3/c1-2-4-10-5-3-9-7(10)6-8/h1,3,5H,4H2. The highest BCUT2D eigenvalue weighted by atomic mass is 15.0. The normalized spacial score (nSPS) is 8.20. The molecule has 1 aromatic rings. The average Bonchev–Trinajstić information content (AvgIpc) is 2.36. The molecule has 0 spiro atoms. The summed E-state index contributed by atoms with van der Waals surface area (Å²) in [5.74, 6) is 2.78. The molecule has 0 amide bonds. The van der Waals surface area contributed by atoms with E-state index in [-0.39, 0.29) is 0 Å². The molecule has 0 aliphatic rings. The molecule has 1 rings (SSSR count). The van der Waals surface area contributed by atoms with Crippen LogP contribution in [0.15, 0.2) is 12.4 Å². The van der Waals surface area contributed by atoms with Crippen LogP contribution in [0.4, 0.5) is 0 Å². The van der Waals surface area contributed by atoms with Crippen LogP contribution in [0.3, 0.4) is 0 Å². The van der Waals surface area contributed by atoms with Crippen LogP contribution in [0.5, 0.6) is 0 Å². The molecule has 48 valence electrons. The van der Waals surface area contributed by atoms with Crippen molar-refractivity contribution >= 4 is 0 Å². The Morgan fingerprint density at radius 1 is 1.80 bits per heavy atom. The van der Waals surface area contributed by atoms with Crippen molar-refractivity contribution in [1.82, 2.24) is 9.55 Å². The van der Waals surface area contributed by atoms with Gasteiger partial charge in [-0.15, -0.1) is 6.42 Å². The first kappa shape index (κ1) is 6.38. The zero-order chi connectivity index (χ0) is 7.40. The van der Waals surface area contributed by atoms with Gasteiger partial charge in [-0.3, -0.25) is 0 Å². The SMILES string of the molecule is C#CCn1ccnc1C#N. The van der Waals surface area contributed by atoms with Gasteiger partial charge in [0.1, 0.15) is 6.07 Å². The van der Waals surface area contributed by atoms with Crippen molar-refractivity contribution in [2.75, 3.05) is 0 Å². The van der Waals surface area contributed by atoms with E-state index >= 15 is 0 Å². The summed E-state index contributed by atoms with van der Waals surface area (Å²) in [5, 5.41) is 8.43. The summed E-state index contributed by atoms with van der Waals surface area (Å²) in [6.45, 7) is 0.406. The zero-order valence-electron chi connectivity index (χ0n) is 5.28. The smallest absolute Gasteiger partial charge is 0.213 e. The van der Waals surface area contributed by atoms with Crippen molar-refractivity contribution in [2.24, 2.45) is 0 Å². The lowest BCUT2D eigenvalue weighted by molar-refractivity contribution is 0.822. The highest BCUT2D eigenvalue weighted by molar-refractivity contribution is 5.12. The average molecular weight is 131 g/mol. The lowest BCUT2D eigenvalue weighted by Gasteiger charge is -1.92. The van der Waals surface area contributed by atoms with Crippen LogP contribution in [0.1, 0.15) is 5.82 Å². The fraction of sp³-hybridized carbons (Fsp3) is 0.143. The molecule has 3 heteroatoms. The molecule has 1 heterocycles. The Bertz CT molecular complexity index is 297. The topological polar surface area (TPSA) is 41.6 Å². The Kier molecular flexibility index (Phi) is 1.72. The molecular formula is C7H5N3. The number of rotatable bonds is 1. The van der Waals surface area contributed by atoms with Gasteiger partial charge in [0.15, 0.2) is 0 Å². The summed E-state index contributed by atoms with van der Waals surface area (Å²) in [7, 11) is 0. The molecule has 0 saturated heterocycles. The van der Waals surface area contributed by atoms with E-state index in [2.05, 4.69) is 10.9 Å². The number of imidazole rings is 1. The second kappa shape index (κ2) is 2.70. The summed E-state index contributed by atoms with van der Waals surface area (Å²) in [6, 6.07) is 1.92. The fourth-order valence-corrected chi connectivity index (χ4v) is 0.648. The summed E-state index contributed by atoms with van der Waals surface area (Å²) in [6.07, 6.45) is 8.27. The quantitative estimate of drug-likeness (QED) is 0.517. The van der Waals surface area contributed by atoms with E-state index < -0.39 is 0 Å². The molecule has 0 aliphatic carbocycles. The van der Waals surface area contributed by atoms with Gasteiger partial charge in [-0.2, -0.15) is 5.26 Å². The molecule has 0 aliphatic heterocycles. The molecule has 0 fully saturated rings. The number of nitriles is 1. The molecule has 0 aromatic carbocycles.